The van der Waals surface area contributed by atoms with Gasteiger partial charge in [0.2, 0.25) is 0 Å². The summed E-state index contributed by atoms with van der Waals surface area (Å²) in [7, 11) is 0. The average Bonchev–Trinajstić information content (AvgIpc) is 2.70. The molecule has 17 heavy (non-hydrogen) atoms. The zero-order valence-corrected chi connectivity index (χ0v) is 9.44. The van der Waals surface area contributed by atoms with Gasteiger partial charge in [-0.1, -0.05) is 35.4 Å². The van der Waals surface area contributed by atoms with Crippen LogP contribution in [-0.2, 0) is 11.3 Å². The van der Waals surface area contributed by atoms with Crippen LogP contribution in [0.2, 0.25) is 0 Å². The van der Waals surface area contributed by atoms with E-state index in [0.717, 1.165) is 12.0 Å². The second kappa shape index (κ2) is 5.68. The van der Waals surface area contributed by atoms with E-state index in [1.807, 2.05) is 30.3 Å². The summed E-state index contributed by atoms with van der Waals surface area (Å²) in [5.74, 6) is 0. The number of rotatable bonds is 4. The van der Waals surface area contributed by atoms with Gasteiger partial charge in [0.1, 0.15) is 0 Å². The Hall–Kier alpha value is -1.55. The number of ether oxygens (including phenoxy) is 1. The Morgan fingerprint density at radius 3 is 2.82 bits per heavy atom. The summed E-state index contributed by atoms with van der Waals surface area (Å²) in [5.41, 5.74) is 9.42. The third kappa shape index (κ3) is 2.97. The Kier molecular flexibility index (Phi) is 3.98. The van der Waals surface area contributed by atoms with Gasteiger partial charge in [-0.2, -0.15) is 0 Å². The first-order valence-electron chi connectivity index (χ1n) is 5.69. The van der Waals surface area contributed by atoms with Crippen molar-refractivity contribution in [2.24, 2.45) is 5.11 Å². The SMILES string of the molecule is [N-]=[N+]=N[C@@H]1CC[C@@H](OCc2ccccc2)[C@H]1O. The number of benzene rings is 1. The van der Waals surface area contributed by atoms with Crippen molar-refractivity contribution in [2.45, 2.75) is 37.7 Å². The van der Waals surface area contributed by atoms with Gasteiger partial charge in [-0.25, -0.2) is 0 Å². The van der Waals surface area contributed by atoms with E-state index in [1.54, 1.807) is 0 Å². The van der Waals surface area contributed by atoms with E-state index in [2.05, 4.69) is 10.0 Å². The normalized spacial score (nSPS) is 27.7. The number of azide groups is 1. The molecule has 2 rings (SSSR count). The molecule has 0 radical (unpaired) electrons. The average molecular weight is 233 g/mol. The fourth-order valence-electron chi connectivity index (χ4n) is 2.08. The van der Waals surface area contributed by atoms with Crippen molar-refractivity contribution in [2.75, 3.05) is 0 Å². The van der Waals surface area contributed by atoms with E-state index >= 15 is 0 Å². The molecule has 0 aliphatic heterocycles. The van der Waals surface area contributed by atoms with Crippen LogP contribution in [0.3, 0.4) is 0 Å². The van der Waals surface area contributed by atoms with Crippen LogP contribution >= 0.6 is 0 Å². The lowest BCUT2D eigenvalue weighted by Crippen LogP contribution is -2.29. The van der Waals surface area contributed by atoms with Gasteiger partial charge in [-0.05, 0) is 23.9 Å². The summed E-state index contributed by atoms with van der Waals surface area (Å²) in [6, 6.07) is 9.46. The maximum absolute atomic E-state index is 9.87. The predicted molar refractivity (Wildman–Crippen MR) is 63.2 cm³/mol. The zero-order chi connectivity index (χ0) is 12.1. The minimum Gasteiger partial charge on any atom is -0.390 e. The lowest BCUT2D eigenvalue weighted by Gasteiger charge is -2.17. The van der Waals surface area contributed by atoms with Crippen molar-refractivity contribution in [3.63, 3.8) is 0 Å². The third-order valence-electron chi connectivity index (χ3n) is 3.03. The Labute approximate surface area is 99.7 Å². The van der Waals surface area contributed by atoms with Gasteiger partial charge in [0.25, 0.3) is 0 Å². The summed E-state index contributed by atoms with van der Waals surface area (Å²) in [6.07, 6.45) is 0.503. The monoisotopic (exact) mass is 233 g/mol. The lowest BCUT2D eigenvalue weighted by molar-refractivity contribution is -0.0312. The summed E-state index contributed by atoms with van der Waals surface area (Å²) < 4.78 is 5.64. The minimum absolute atomic E-state index is 0.231. The number of aliphatic hydroxyl groups excluding tert-OH is 1. The largest absolute Gasteiger partial charge is 0.390 e. The Bertz CT molecular complexity index is 403. The van der Waals surface area contributed by atoms with Crippen molar-refractivity contribution in [1.29, 1.82) is 0 Å². The fourth-order valence-corrected chi connectivity index (χ4v) is 2.08. The van der Waals surface area contributed by atoms with E-state index in [4.69, 9.17) is 10.3 Å². The maximum Gasteiger partial charge on any atom is 0.0886 e. The zero-order valence-electron chi connectivity index (χ0n) is 9.44. The fraction of sp³-hybridized carbons (Fsp3) is 0.500. The first-order valence-corrected chi connectivity index (χ1v) is 5.69. The van der Waals surface area contributed by atoms with Crippen molar-refractivity contribution in [3.8, 4) is 0 Å². The van der Waals surface area contributed by atoms with Crippen LogP contribution in [0.15, 0.2) is 35.4 Å². The van der Waals surface area contributed by atoms with E-state index in [-0.39, 0.29) is 12.1 Å². The highest BCUT2D eigenvalue weighted by atomic mass is 16.5. The summed E-state index contributed by atoms with van der Waals surface area (Å²) in [6.45, 7) is 0.478. The maximum atomic E-state index is 9.87. The molecule has 5 nitrogen and oxygen atoms in total. The van der Waals surface area contributed by atoms with E-state index in [1.165, 1.54) is 0 Å². The molecule has 0 amide bonds. The molecule has 0 aromatic heterocycles. The quantitative estimate of drug-likeness (QED) is 0.492. The topological polar surface area (TPSA) is 78.2 Å². The van der Waals surface area contributed by atoms with Crippen molar-refractivity contribution in [1.82, 2.24) is 0 Å². The molecule has 1 N–H and O–H groups in total. The van der Waals surface area contributed by atoms with Crippen LogP contribution in [0.5, 0.6) is 0 Å². The second-order valence-electron chi connectivity index (χ2n) is 4.18. The number of hydrogen-bond acceptors (Lipinski definition) is 3. The van der Waals surface area contributed by atoms with Crippen LogP contribution in [-0.4, -0.2) is 23.4 Å². The molecule has 0 spiro atoms. The van der Waals surface area contributed by atoms with Crippen molar-refractivity contribution in [3.05, 3.63) is 46.3 Å². The Morgan fingerprint density at radius 2 is 2.12 bits per heavy atom. The van der Waals surface area contributed by atoms with Crippen LogP contribution in [0.4, 0.5) is 0 Å². The van der Waals surface area contributed by atoms with Crippen LogP contribution < -0.4 is 0 Å². The van der Waals surface area contributed by atoms with Gasteiger partial charge < -0.3 is 9.84 Å². The number of nitrogens with zero attached hydrogens (tertiary/aromatic N) is 3. The van der Waals surface area contributed by atoms with E-state index < -0.39 is 6.10 Å². The number of hydrogen-bond donors (Lipinski definition) is 1. The first-order chi connectivity index (χ1) is 8.31. The minimum atomic E-state index is -0.686. The van der Waals surface area contributed by atoms with Gasteiger partial charge in [-0.3, -0.25) is 0 Å². The molecule has 0 bridgehead atoms. The highest BCUT2D eigenvalue weighted by molar-refractivity contribution is 5.13. The van der Waals surface area contributed by atoms with Crippen molar-refractivity contribution >= 4 is 0 Å². The molecule has 1 aromatic carbocycles. The van der Waals surface area contributed by atoms with Gasteiger partial charge in [0.05, 0.1) is 24.9 Å². The molecule has 0 unspecified atom stereocenters. The highest BCUT2D eigenvalue weighted by Crippen LogP contribution is 2.26. The molecule has 1 aliphatic rings. The summed E-state index contributed by atoms with van der Waals surface area (Å²) >= 11 is 0. The Balaban J connectivity index is 1.87. The molecule has 0 heterocycles. The molecule has 5 heteroatoms. The van der Waals surface area contributed by atoms with E-state index in [0.29, 0.717) is 13.0 Å². The standard InChI is InChI=1S/C12H15N3O2/c13-15-14-10-6-7-11(12(10)16)17-8-9-4-2-1-3-5-9/h1-5,10-12,16H,6-8H2/t10-,11-,12+/m1/s1. The van der Waals surface area contributed by atoms with Gasteiger partial charge >= 0.3 is 0 Å². The molecule has 0 saturated heterocycles. The molecule has 90 valence electrons. The first kappa shape index (κ1) is 11.9. The third-order valence-corrected chi connectivity index (χ3v) is 3.03. The van der Waals surface area contributed by atoms with Crippen LogP contribution in [0.1, 0.15) is 18.4 Å². The molecule has 1 aromatic rings. The molecule has 1 aliphatic carbocycles. The van der Waals surface area contributed by atoms with Gasteiger partial charge in [0, 0.05) is 4.91 Å². The highest BCUT2D eigenvalue weighted by Gasteiger charge is 2.34. The Morgan fingerprint density at radius 1 is 1.35 bits per heavy atom. The lowest BCUT2D eigenvalue weighted by atomic mass is 10.2. The van der Waals surface area contributed by atoms with Crippen LogP contribution in [0.25, 0.3) is 10.4 Å². The molecule has 1 fully saturated rings. The summed E-state index contributed by atoms with van der Waals surface area (Å²) in [5, 5.41) is 13.4. The van der Waals surface area contributed by atoms with Crippen molar-refractivity contribution < 1.29 is 9.84 Å². The predicted octanol–water partition coefficient (Wildman–Crippen LogP) is 2.41. The van der Waals surface area contributed by atoms with Gasteiger partial charge in [-0.15, -0.1) is 0 Å². The second-order valence-corrected chi connectivity index (χ2v) is 4.18. The molecule has 3 atom stereocenters. The number of aliphatic hydroxyl groups is 1. The van der Waals surface area contributed by atoms with Crippen LogP contribution in [0, 0.1) is 0 Å². The molecule has 1 saturated carbocycles. The van der Waals surface area contributed by atoms with E-state index in [9.17, 15) is 5.11 Å². The molecular formula is C12H15N3O2. The van der Waals surface area contributed by atoms with Gasteiger partial charge in [0.15, 0.2) is 0 Å². The molecular weight excluding hydrogens is 218 g/mol. The smallest absolute Gasteiger partial charge is 0.0886 e. The summed E-state index contributed by atoms with van der Waals surface area (Å²) in [4.78, 5) is 2.73.